The second kappa shape index (κ2) is 12.0. The first-order valence-electron chi connectivity index (χ1n) is 11.2. The quantitative estimate of drug-likeness (QED) is 0.172. The van der Waals surface area contributed by atoms with E-state index >= 15 is 0 Å². The van der Waals surface area contributed by atoms with Gasteiger partial charge in [-0.15, -0.1) is 0 Å². The summed E-state index contributed by atoms with van der Waals surface area (Å²) in [6.07, 6.45) is 0.791. The van der Waals surface area contributed by atoms with Gasteiger partial charge in [0.15, 0.2) is 17.6 Å². The summed E-state index contributed by atoms with van der Waals surface area (Å²) >= 11 is 5.53. The van der Waals surface area contributed by atoms with Crippen molar-refractivity contribution in [2.75, 3.05) is 13.2 Å². The van der Waals surface area contributed by atoms with Crippen LogP contribution in [-0.2, 0) is 9.53 Å². The van der Waals surface area contributed by atoms with Crippen LogP contribution in [0.1, 0.15) is 51.9 Å². The maximum Gasteiger partial charge on any atom is 0.347 e. The number of carbonyl (C=O) groups is 1. The van der Waals surface area contributed by atoms with Crippen LogP contribution in [0.25, 0.3) is 10.9 Å². The van der Waals surface area contributed by atoms with Gasteiger partial charge in [-0.05, 0) is 79.3 Å². The van der Waals surface area contributed by atoms with Crippen LogP contribution in [0.5, 0.6) is 11.5 Å². The number of aromatic nitrogens is 2. The van der Waals surface area contributed by atoms with E-state index in [1.165, 1.54) is 4.68 Å². The van der Waals surface area contributed by atoms with Gasteiger partial charge in [0.1, 0.15) is 5.82 Å². The third kappa shape index (κ3) is 6.40. The van der Waals surface area contributed by atoms with Crippen molar-refractivity contribution < 1.29 is 19.0 Å². The Balaban J connectivity index is 2.04. The average molecular weight is 656 g/mol. The number of benzene rings is 2. The molecule has 1 heterocycles. The number of fused-ring (bicyclic) bond motifs is 1. The molecule has 0 N–H and O–H groups in total. The molecule has 35 heavy (non-hydrogen) atoms. The largest absolute Gasteiger partial charge is 0.490 e. The number of esters is 1. The van der Waals surface area contributed by atoms with Crippen LogP contribution < -0.4 is 15.0 Å². The molecule has 0 saturated carbocycles. The maximum absolute atomic E-state index is 13.3. The highest BCUT2D eigenvalue weighted by molar-refractivity contribution is 14.1. The van der Waals surface area contributed by atoms with Crippen molar-refractivity contribution in [3.8, 4) is 11.5 Å². The Morgan fingerprint density at radius 2 is 1.94 bits per heavy atom. The van der Waals surface area contributed by atoms with Gasteiger partial charge in [-0.25, -0.2) is 9.78 Å². The number of halogens is 2. The lowest BCUT2D eigenvalue weighted by molar-refractivity contribution is -0.150. The molecule has 186 valence electrons. The van der Waals surface area contributed by atoms with Crippen molar-refractivity contribution in [3.63, 3.8) is 0 Å². The summed E-state index contributed by atoms with van der Waals surface area (Å²) in [4.78, 5) is 30.0. The zero-order valence-corrected chi connectivity index (χ0v) is 23.9. The first kappa shape index (κ1) is 27.1. The van der Waals surface area contributed by atoms with Crippen LogP contribution in [0.4, 0.5) is 0 Å². The molecule has 8 nitrogen and oxygen atoms in total. The molecular formula is C25H27BrIN3O5. The molecule has 3 aromatic rings. The van der Waals surface area contributed by atoms with Crippen molar-refractivity contribution in [2.24, 2.45) is 5.10 Å². The smallest absolute Gasteiger partial charge is 0.347 e. The fourth-order valence-electron chi connectivity index (χ4n) is 3.30. The normalized spacial score (nSPS) is 12.3. The molecule has 3 rings (SSSR count). The monoisotopic (exact) mass is 655 g/mol. The Morgan fingerprint density at radius 1 is 1.20 bits per heavy atom. The van der Waals surface area contributed by atoms with Crippen LogP contribution in [0.2, 0.25) is 0 Å². The molecule has 0 unspecified atom stereocenters. The van der Waals surface area contributed by atoms with Gasteiger partial charge in [0.2, 0.25) is 0 Å². The van der Waals surface area contributed by atoms with Gasteiger partial charge >= 0.3 is 5.97 Å². The van der Waals surface area contributed by atoms with Crippen LogP contribution >= 0.6 is 38.5 Å². The summed E-state index contributed by atoms with van der Waals surface area (Å²) < 4.78 is 19.5. The van der Waals surface area contributed by atoms with Crippen molar-refractivity contribution in [3.05, 3.63) is 60.1 Å². The van der Waals surface area contributed by atoms with Crippen LogP contribution in [0, 0.1) is 3.57 Å². The summed E-state index contributed by atoms with van der Waals surface area (Å²) in [5, 5.41) is 4.96. The zero-order chi connectivity index (χ0) is 25.7. The van der Waals surface area contributed by atoms with Crippen LogP contribution in [0.3, 0.4) is 0 Å². The Morgan fingerprint density at radius 3 is 2.60 bits per heavy atom. The minimum Gasteiger partial charge on any atom is -0.490 e. The molecule has 0 aliphatic carbocycles. The minimum atomic E-state index is -0.794. The molecule has 0 aliphatic rings. The Hall–Kier alpha value is -2.47. The van der Waals surface area contributed by atoms with E-state index in [-0.39, 0.29) is 18.1 Å². The SMILES string of the molecule is CCOC(=O)[C@H](C)Oc1c(I)cc(C=Nn2c(C(C)C)nc3ccc(Br)cc3c2=O)cc1OCC. The lowest BCUT2D eigenvalue weighted by atomic mass is 10.2. The van der Waals surface area contributed by atoms with Gasteiger partial charge in [0.05, 0.1) is 33.9 Å². The molecule has 0 saturated heterocycles. The fraction of sp³-hybridized carbons (Fsp3) is 0.360. The maximum atomic E-state index is 13.3. The van der Waals surface area contributed by atoms with E-state index in [1.54, 1.807) is 32.2 Å². The summed E-state index contributed by atoms with van der Waals surface area (Å²) in [5.41, 5.74) is 1.07. The molecule has 1 atom stereocenters. The van der Waals surface area contributed by atoms with E-state index < -0.39 is 12.1 Å². The van der Waals surface area contributed by atoms with E-state index in [4.69, 9.17) is 14.2 Å². The Bertz CT molecular complexity index is 1320. The minimum absolute atomic E-state index is 0.0211. The molecule has 0 radical (unpaired) electrons. The number of carbonyl (C=O) groups excluding carboxylic acids is 1. The van der Waals surface area contributed by atoms with E-state index in [9.17, 15) is 9.59 Å². The van der Waals surface area contributed by atoms with Gasteiger partial charge in [0.25, 0.3) is 5.56 Å². The Kier molecular flexibility index (Phi) is 9.28. The molecule has 2 aromatic carbocycles. The highest BCUT2D eigenvalue weighted by Crippen LogP contribution is 2.35. The van der Waals surface area contributed by atoms with E-state index in [0.29, 0.717) is 40.4 Å². The molecule has 1 aromatic heterocycles. The van der Waals surface area contributed by atoms with E-state index in [1.807, 2.05) is 39.0 Å². The fourth-order valence-corrected chi connectivity index (χ4v) is 4.41. The summed E-state index contributed by atoms with van der Waals surface area (Å²) in [6.45, 7) is 9.84. The van der Waals surface area contributed by atoms with E-state index in [0.717, 1.165) is 8.04 Å². The number of hydrogen-bond acceptors (Lipinski definition) is 7. The second-order valence-electron chi connectivity index (χ2n) is 7.92. The molecule has 0 amide bonds. The molecule has 10 heteroatoms. The first-order chi connectivity index (χ1) is 16.7. The van der Waals surface area contributed by atoms with Crippen molar-refractivity contribution >= 4 is 61.6 Å². The van der Waals surface area contributed by atoms with Crippen LogP contribution in [0.15, 0.2) is 44.7 Å². The van der Waals surface area contributed by atoms with Crippen LogP contribution in [-0.4, -0.2) is 41.2 Å². The number of nitrogens with zero attached hydrogens (tertiary/aromatic N) is 3. The molecule has 0 spiro atoms. The molecule has 0 aliphatic heterocycles. The van der Waals surface area contributed by atoms with Crippen molar-refractivity contribution in [2.45, 2.75) is 46.6 Å². The molecule has 0 fully saturated rings. The summed E-state index contributed by atoms with van der Waals surface area (Å²) in [7, 11) is 0. The topological polar surface area (TPSA) is 92.0 Å². The molecular weight excluding hydrogens is 629 g/mol. The lowest BCUT2D eigenvalue weighted by Gasteiger charge is -2.18. The average Bonchev–Trinajstić information content (AvgIpc) is 2.81. The number of rotatable bonds is 9. The Labute approximate surface area is 225 Å². The van der Waals surface area contributed by atoms with Gasteiger partial charge in [-0.3, -0.25) is 4.79 Å². The van der Waals surface area contributed by atoms with Crippen molar-refractivity contribution in [1.82, 2.24) is 9.66 Å². The molecule has 0 bridgehead atoms. The highest BCUT2D eigenvalue weighted by Gasteiger charge is 2.21. The van der Waals surface area contributed by atoms with Crippen molar-refractivity contribution in [1.29, 1.82) is 0 Å². The predicted octanol–water partition coefficient (Wildman–Crippen LogP) is 5.50. The van der Waals surface area contributed by atoms with Gasteiger partial charge < -0.3 is 14.2 Å². The number of hydrogen-bond donors (Lipinski definition) is 0. The second-order valence-corrected chi connectivity index (χ2v) is 10.0. The summed E-state index contributed by atoms with van der Waals surface area (Å²) in [5.74, 6) is 1.00. The summed E-state index contributed by atoms with van der Waals surface area (Å²) in [6, 6.07) is 9.01. The highest BCUT2D eigenvalue weighted by atomic mass is 127. The first-order valence-corrected chi connectivity index (χ1v) is 13.1. The third-order valence-corrected chi connectivity index (χ3v) is 6.21. The lowest BCUT2D eigenvalue weighted by Crippen LogP contribution is -2.26. The standard InChI is InChI=1S/C25H27BrIN3O5/c1-6-33-21-11-16(10-19(27)22(21)35-15(5)25(32)34-7-2)13-28-30-23(14(3)4)29-20-9-8-17(26)12-18(20)24(30)31/h8-15H,6-7H2,1-5H3/t15-/m0/s1. The third-order valence-electron chi connectivity index (χ3n) is 4.92. The zero-order valence-electron chi connectivity index (χ0n) is 20.2. The van der Waals surface area contributed by atoms with Gasteiger partial charge in [0, 0.05) is 10.4 Å². The van der Waals surface area contributed by atoms with E-state index in [2.05, 4.69) is 48.6 Å². The van der Waals surface area contributed by atoms with Gasteiger partial charge in [-0.2, -0.15) is 9.78 Å². The van der Waals surface area contributed by atoms with Gasteiger partial charge in [-0.1, -0.05) is 29.8 Å². The predicted molar refractivity (Wildman–Crippen MR) is 148 cm³/mol. The number of ether oxygens (including phenoxy) is 3.